The van der Waals surface area contributed by atoms with E-state index in [0.717, 1.165) is 6.42 Å². The third-order valence-corrected chi connectivity index (χ3v) is 4.86. The van der Waals surface area contributed by atoms with Crippen LogP contribution in [-0.2, 0) is 22.4 Å². The van der Waals surface area contributed by atoms with E-state index in [1.807, 2.05) is 44.4 Å². The Hall–Kier alpha value is -1.67. The van der Waals surface area contributed by atoms with Gasteiger partial charge < -0.3 is 16.0 Å². The van der Waals surface area contributed by atoms with E-state index in [-0.39, 0.29) is 43.0 Å². The summed E-state index contributed by atoms with van der Waals surface area (Å²) in [4.78, 5) is 30.9. The summed E-state index contributed by atoms with van der Waals surface area (Å²) in [6.07, 6.45) is 0.993. The highest BCUT2D eigenvalue weighted by Crippen LogP contribution is 2.21. The summed E-state index contributed by atoms with van der Waals surface area (Å²) in [6.45, 7) is 7.10. The average molecular weight is 461 g/mol. The molecule has 2 amide bonds. The minimum atomic E-state index is -0.489. The smallest absolute Gasteiger partial charge is 0.231 e. The van der Waals surface area contributed by atoms with E-state index >= 15 is 0 Å². The molecule has 29 heavy (non-hydrogen) atoms. The lowest BCUT2D eigenvalue weighted by atomic mass is 9.96. The van der Waals surface area contributed by atoms with E-state index in [1.165, 1.54) is 16.9 Å². The number of carbonyl (C=O) groups excluding carboxylic acids is 2. The standard InChI is InChI=1S/C20H28N4O2S.2ClH/c1-20(2,3)18(26)23-19-22-16(14-27-19)13-17(25)24(12-10-21)11-9-15-7-5-4-6-8-15;;/h4-8,14H,9-13,21H2,1-3H3,(H,22,23,26);2*1H. The molecule has 0 saturated carbocycles. The number of carbonyl (C=O) groups is 2. The molecule has 0 aliphatic rings. The van der Waals surface area contributed by atoms with E-state index in [0.29, 0.717) is 30.5 Å². The van der Waals surface area contributed by atoms with Crippen molar-refractivity contribution >= 4 is 53.1 Å². The Labute approximate surface area is 189 Å². The highest BCUT2D eigenvalue weighted by molar-refractivity contribution is 7.13. The van der Waals surface area contributed by atoms with Crippen molar-refractivity contribution in [2.75, 3.05) is 25.0 Å². The maximum absolute atomic E-state index is 12.7. The number of halogens is 2. The molecule has 0 unspecified atom stereocenters. The quantitative estimate of drug-likeness (QED) is 0.630. The molecule has 3 N–H and O–H groups in total. The maximum atomic E-state index is 12.7. The number of nitrogens with one attached hydrogen (secondary N) is 1. The SMILES string of the molecule is CC(C)(C)C(=O)Nc1nc(CC(=O)N(CCN)CCc2ccccc2)cs1.Cl.Cl. The van der Waals surface area contributed by atoms with Crippen molar-refractivity contribution in [3.63, 3.8) is 0 Å². The van der Waals surface area contributed by atoms with Gasteiger partial charge in [0.15, 0.2) is 5.13 Å². The van der Waals surface area contributed by atoms with E-state index in [1.54, 1.807) is 4.90 Å². The van der Waals surface area contributed by atoms with Gasteiger partial charge in [-0.05, 0) is 12.0 Å². The first-order valence-electron chi connectivity index (χ1n) is 9.07. The first-order chi connectivity index (χ1) is 12.8. The van der Waals surface area contributed by atoms with Gasteiger partial charge in [-0.1, -0.05) is 51.1 Å². The third kappa shape index (κ3) is 9.12. The molecule has 0 aliphatic carbocycles. The molecule has 2 rings (SSSR count). The van der Waals surface area contributed by atoms with Gasteiger partial charge in [0.1, 0.15) is 0 Å². The van der Waals surface area contributed by atoms with Crippen LogP contribution in [0.25, 0.3) is 0 Å². The van der Waals surface area contributed by atoms with Crippen LogP contribution in [-0.4, -0.2) is 41.3 Å². The Kier molecular flexibility index (Phi) is 12.1. The molecule has 0 radical (unpaired) electrons. The molecule has 1 heterocycles. The fourth-order valence-electron chi connectivity index (χ4n) is 2.42. The van der Waals surface area contributed by atoms with Crippen molar-refractivity contribution in [2.45, 2.75) is 33.6 Å². The topological polar surface area (TPSA) is 88.3 Å². The van der Waals surface area contributed by atoms with E-state index in [9.17, 15) is 9.59 Å². The summed E-state index contributed by atoms with van der Waals surface area (Å²) < 4.78 is 0. The predicted molar refractivity (Wildman–Crippen MR) is 124 cm³/mol. The number of aromatic nitrogens is 1. The Bertz CT molecular complexity index is 763. The van der Waals surface area contributed by atoms with Crippen LogP contribution in [0.1, 0.15) is 32.0 Å². The van der Waals surface area contributed by atoms with Crippen LogP contribution in [0.5, 0.6) is 0 Å². The molecule has 0 spiro atoms. The number of benzene rings is 1. The summed E-state index contributed by atoms with van der Waals surface area (Å²) in [6, 6.07) is 10.1. The van der Waals surface area contributed by atoms with Crippen LogP contribution in [0.15, 0.2) is 35.7 Å². The van der Waals surface area contributed by atoms with E-state index in [2.05, 4.69) is 22.4 Å². The average Bonchev–Trinajstić information content (AvgIpc) is 3.05. The maximum Gasteiger partial charge on any atom is 0.231 e. The number of nitrogens with zero attached hydrogens (tertiary/aromatic N) is 2. The Morgan fingerprint density at radius 1 is 1.14 bits per heavy atom. The lowest BCUT2D eigenvalue weighted by molar-refractivity contribution is -0.130. The van der Waals surface area contributed by atoms with Gasteiger partial charge in [-0.2, -0.15) is 0 Å². The van der Waals surface area contributed by atoms with Crippen LogP contribution >= 0.6 is 36.2 Å². The molecular weight excluding hydrogens is 431 g/mol. The fraction of sp³-hybridized carbons (Fsp3) is 0.450. The number of hydrogen-bond donors (Lipinski definition) is 2. The molecule has 0 bridgehead atoms. The molecule has 1 aromatic carbocycles. The van der Waals surface area contributed by atoms with Crippen molar-refractivity contribution in [3.8, 4) is 0 Å². The van der Waals surface area contributed by atoms with Gasteiger partial charge >= 0.3 is 0 Å². The summed E-state index contributed by atoms with van der Waals surface area (Å²) in [5.74, 6) is -0.0993. The van der Waals surface area contributed by atoms with Crippen LogP contribution in [0.4, 0.5) is 5.13 Å². The monoisotopic (exact) mass is 460 g/mol. The molecule has 162 valence electrons. The first kappa shape index (κ1) is 27.3. The molecule has 0 atom stereocenters. The summed E-state index contributed by atoms with van der Waals surface area (Å²) in [5, 5.41) is 5.13. The molecular formula is C20H30Cl2N4O2S. The van der Waals surface area contributed by atoms with Gasteiger partial charge in [-0.25, -0.2) is 4.98 Å². The van der Waals surface area contributed by atoms with Crippen molar-refractivity contribution in [1.29, 1.82) is 0 Å². The second kappa shape index (κ2) is 12.8. The summed E-state index contributed by atoms with van der Waals surface area (Å²) >= 11 is 1.33. The van der Waals surface area contributed by atoms with Crippen molar-refractivity contribution in [3.05, 3.63) is 47.0 Å². The molecule has 1 aromatic heterocycles. The van der Waals surface area contributed by atoms with Gasteiger partial charge in [0.25, 0.3) is 0 Å². The molecule has 9 heteroatoms. The molecule has 2 aromatic rings. The van der Waals surface area contributed by atoms with Gasteiger partial charge in [0.2, 0.25) is 11.8 Å². The van der Waals surface area contributed by atoms with Crippen LogP contribution < -0.4 is 11.1 Å². The predicted octanol–water partition coefficient (Wildman–Crippen LogP) is 3.54. The van der Waals surface area contributed by atoms with Gasteiger partial charge in [-0.15, -0.1) is 36.2 Å². The summed E-state index contributed by atoms with van der Waals surface area (Å²) in [5.41, 5.74) is 7.04. The number of anilines is 1. The molecule has 6 nitrogen and oxygen atoms in total. The largest absolute Gasteiger partial charge is 0.341 e. The fourth-order valence-corrected chi connectivity index (χ4v) is 3.13. The number of thiazole rings is 1. The Balaban J connectivity index is 0.00000392. The number of rotatable bonds is 8. The molecule has 0 saturated heterocycles. The molecule has 0 aliphatic heterocycles. The number of nitrogens with two attached hydrogens (primary N) is 1. The van der Waals surface area contributed by atoms with E-state index in [4.69, 9.17) is 5.73 Å². The van der Waals surface area contributed by atoms with Crippen molar-refractivity contribution in [2.24, 2.45) is 11.1 Å². The highest BCUT2D eigenvalue weighted by Gasteiger charge is 2.22. The lowest BCUT2D eigenvalue weighted by Gasteiger charge is -2.21. The highest BCUT2D eigenvalue weighted by atomic mass is 35.5. The normalized spacial score (nSPS) is 10.5. The minimum Gasteiger partial charge on any atom is -0.341 e. The van der Waals surface area contributed by atoms with Crippen LogP contribution in [0, 0.1) is 5.41 Å². The summed E-state index contributed by atoms with van der Waals surface area (Å²) in [7, 11) is 0. The van der Waals surface area contributed by atoms with Crippen molar-refractivity contribution < 1.29 is 9.59 Å². The number of hydrogen-bond acceptors (Lipinski definition) is 5. The number of amides is 2. The molecule has 0 fully saturated rings. The zero-order valence-electron chi connectivity index (χ0n) is 17.0. The van der Waals surface area contributed by atoms with Gasteiger partial charge in [0.05, 0.1) is 12.1 Å². The van der Waals surface area contributed by atoms with Crippen LogP contribution in [0.2, 0.25) is 0 Å². The van der Waals surface area contributed by atoms with Crippen molar-refractivity contribution in [1.82, 2.24) is 9.88 Å². The van der Waals surface area contributed by atoms with Gasteiger partial charge in [-0.3, -0.25) is 9.59 Å². The zero-order chi connectivity index (χ0) is 19.9. The first-order valence-corrected chi connectivity index (χ1v) is 9.95. The second-order valence-corrected chi connectivity index (χ2v) is 8.29. The minimum absolute atomic E-state index is 0. The van der Waals surface area contributed by atoms with Crippen LogP contribution in [0.3, 0.4) is 0 Å². The Morgan fingerprint density at radius 2 is 1.79 bits per heavy atom. The second-order valence-electron chi connectivity index (χ2n) is 7.43. The van der Waals surface area contributed by atoms with E-state index < -0.39 is 5.41 Å². The van der Waals surface area contributed by atoms with Gasteiger partial charge in [0, 0.05) is 30.4 Å². The lowest BCUT2D eigenvalue weighted by Crippen LogP contribution is -2.38. The third-order valence-electron chi connectivity index (χ3n) is 4.05. The Morgan fingerprint density at radius 3 is 2.38 bits per heavy atom. The zero-order valence-corrected chi connectivity index (χ0v) is 19.5.